The lowest BCUT2D eigenvalue weighted by Gasteiger charge is -2.50. The molecule has 0 heterocycles. The highest BCUT2D eigenvalue weighted by atomic mass is 16.3. The first-order valence-electron chi connectivity index (χ1n) is 9.10. The largest absolute Gasteiger partial charge is 0.377 e. The molecule has 2 heteroatoms. The fraction of sp³-hybridized carbons (Fsp3) is 0.667. The molecule has 2 saturated carbocycles. The summed E-state index contributed by atoms with van der Waals surface area (Å²) in [6, 6.07) is 0. The predicted octanol–water partition coefficient (Wildman–Crippen LogP) is 3.95. The molecule has 23 heavy (non-hydrogen) atoms. The number of hydrogen-bond acceptors (Lipinski definition) is 2. The Morgan fingerprint density at radius 2 is 2.00 bits per heavy atom. The van der Waals surface area contributed by atoms with E-state index in [2.05, 4.69) is 18.8 Å². The Bertz CT molecular complexity index is 686. The summed E-state index contributed by atoms with van der Waals surface area (Å²) in [5.41, 5.74) is 3.56. The maximum atomic E-state index is 11.7. The molecule has 122 valence electrons. The van der Waals surface area contributed by atoms with Gasteiger partial charge in [0.2, 0.25) is 0 Å². The van der Waals surface area contributed by atoms with Crippen molar-refractivity contribution in [1.82, 2.24) is 0 Å². The van der Waals surface area contributed by atoms with Crippen molar-refractivity contribution in [2.24, 2.45) is 17.3 Å². The zero-order valence-electron chi connectivity index (χ0n) is 14.2. The summed E-state index contributed by atoms with van der Waals surface area (Å²) in [5, 5.41) is 11.2. The van der Waals surface area contributed by atoms with Gasteiger partial charge in [-0.25, -0.2) is 0 Å². The average molecular weight is 310 g/mol. The zero-order chi connectivity index (χ0) is 16.2. The smallest absolute Gasteiger partial charge is 0.156 e. The third-order valence-electron chi connectivity index (χ3n) is 7.22. The number of rotatable bonds is 0. The minimum Gasteiger partial charge on any atom is -0.377 e. The Labute approximate surface area is 139 Å². The average Bonchev–Trinajstić information content (AvgIpc) is 2.79. The van der Waals surface area contributed by atoms with Crippen molar-refractivity contribution in [2.75, 3.05) is 0 Å². The first kappa shape index (κ1) is 15.2. The first-order chi connectivity index (χ1) is 11.0. The Morgan fingerprint density at radius 1 is 1.17 bits per heavy atom. The molecular formula is C21H26O2. The van der Waals surface area contributed by atoms with Crippen LogP contribution in [0.4, 0.5) is 0 Å². The topological polar surface area (TPSA) is 37.3 Å². The molecule has 1 unspecified atom stereocenters. The van der Waals surface area contributed by atoms with E-state index < -0.39 is 5.60 Å². The Balaban J connectivity index is 1.74. The number of fused-ring (bicyclic) bond motifs is 4. The zero-order valence-corrected chi connectivity index (χ0v) is 14.2. The minimum absolute atomic E-state index is 0.0730. The van der Waals surface area contributed by atoms with Crippen molar-refractivity contribution in [3.05, 3.63) is 22.8 Å². The number of hydrogen-bond donors (Lipinski definition) is 1. The van der Waals surface area contributed by atoms with E-state index in [-0.39, 0.29) is 5.41 Å². The van der Waals surface area contributed by atoms with E-state index in [4.69, 9.17) is 0 Å². The molecule has 4 aliphatic rings. The Kier molecular flexibility index (Phi) is 3.36. The summed E-state index contributed by atoms with van der Waals surface area (Å²) in [6.45, 7) is 4.10. The molecule has 0 saturated heterocycles. The Hall–Kier alpha value is -1.33. The number of carbonyl (C=O) groups excluding carboxylic acids is 1. The third kappa shape index (κ3) is 2.02. The van der Waals surface area contributed by atoms with E-state index in [0.29, 0.717) is 24.0 Å². The fourth-order valence-electron chi connectivity index (χ4n) is 5.96. The summed E-state index contributed by atoms with van der Waals surface area (Å²) in [4.78, 5) is 11.7. The van der Waals surface area contributed by atoms with Crippen molar-refractivity contribution in [3.63, 3.8) is 0 Å². The van der Waals surface area contributed by atoms with Crippen molar-refractivity contribution in [3.8, 4) is 11.8 Å². The second-order valence-corrected chi connectivity index (χ2v) is 8.08. The quantitative estimate of drug-likeness (QED) is 0.688. The molecule has 0 aromatic rings. The number of aliphatic hydroxyl groups is 1. The van der Waals surface area contributed by atoms with Crippen molar-refractivity contribution in [1.29, 1.82) is 0 Å². The van der Waals surface area contributed by atoms with Gasteiger partial charge in [0.05, 0.1) is 0 Å². The maximum Gasteiger partial charge on any atom is 0.156 e. The highest BCUT2D eigenvalue weighted by Crippen LogP contribution is 2.63. The molecule has 4 atom stereocenters. The molecule has 0 aliphatic heterocycles. The lowest BCUT2D eigenvalue weighted by Crippen LogP contribution is -2.49. The van der Waals surface area contributed by atoms with Crippen LogP contribution in [0.2, 0.25) is 0 Å². The van der Waals surface area contributed by atoms with Crippen LogP contribution in [0.25, 0.3) is 0 Å². The highest BCUT2D eigenvalue weighted by Gasteiger charge is 2.60. The van der Waals surface area contributed by atoms with Crippen LogP contribution < -0.4 is 0 Å². The molecule has 2 fully saturated rings. The summed E-state index contributed by atoms with van der Waals surface area (Å²) >= 11 is 0. The van der Waals surface area contributed by atoms with Crippen LogP contribution in [-0.2, 0) is 4.79 Å². The van der Waals surface area contributed by atoms with Crippen LogP contribution in [0.3, 0.4) is 0 Å². The molecule has 0 amide bonds. The fourth-order valence-corrected chi connectivity index (χ4v) is 5.96. The van der Waals surface area contributed by atoms with E-state index in [1.807, 2.05) is 13.0 Å². The van der Waals surface area contributed by atoms with Gasteiger partial charge in [-0.15, -0.1) is 5.92 Å². The molecule has 0 spiro atoms. The van der Waals surface area contributed by atoms with Crippen LogP contribution in [0, 0.1) is 29.1 Å². The summed E-state index contributed by atoms with van der Waals surface area (Å²) < 4.78 is 0. The van der Waals surface area contributed by atoms with Crippen LogP contribution in [0.15, 0.2) is 22.8 Å². The Morgan fingerprint density at radius 3 is 2.78 bits per heavy atom. The van der Waals surface area contributed by atoms with Crippen LogP contribution in [-0.4, -0.2) is 16.5 Å². The van der Waals surface area contributed by atoms with E-state index >= 15 is 0 Å². The van der Waals surface area contributed by atoms with E-state index in [9.17, 15) is 9.90 Å². The summed E-state index contributed by atoms with van der Waals surface area (Å²) in [6.07, 6.45) is 9.72. The van der Waals surface area contributed by atoms with Gasteiger partial charge in [-0.2, -0.15) is 0 Å². The third-order valence-corrected chi connectivity index (χ3v) is 7.22. The SMILES string of the molecule is CC#CC1(O)CC[C@H]2[C@@H]3CCC4=CC(=O)CCC4=C3CC[C@@]21C. The molecule has 0 radical (unpaired) electrons. The number of ketones is 1. The molecule has 4 rings (SSSR count). The monoisotopic (exact) mass is 310 g/mol. The van der Waals surface area contributed by atoms with Crippen molar-refractivity contribution >= 4 is 5.78 Å². The molecule has 4 aliphatic carbocycles. The van der Waals surface area contributed by atoms with Crippen LogP contribution in [0.1, 0.15) is 65.2 Å². The molecule has 2 nitrogen and oxygen atoms in total. The van der Waals surface area contributed by atoms with Gasteiger partial charge in [0, 0.05) is 11.8 Å². The van der Waals surface area contributed by atoms with Gasteiger partial charge in [-0.3, -0.25) is 4.79 Å². The minimum atomic E-state index is -0.804. The summed E-state index contributed by atoms with van der Waals surface area (Å²) in [5.74, 6) is 7.57. The van der Waals surface area contributed by atoms with Gasteiger partial charge >= 0.3 is 0 Å². The van der Waals surface area contributed by atoms with Gasteiger partial charge in [0.15, 0.2) is 5.78 Å². The second kappa shape index (κ2) is 5.08. The predicted molar refractivity (Wildman–Crippen MR) is 90.5 cm³/mol. The molecule has 0 aromatic heterocycles. The van der Waals surface area contributed by atoms with Gasteiger partial charge < -0.3 is 5.11 Å². The molecular weight excluding hydrogens is 284 g/mol. The lowest BCUT2D eigenvalue weighted by molar-refractivity contribution is -0.114. The van der Waals surface area contributed by atoms with E-state index in [0.717, 1.165) is 44.9 Å². The van der Waals surface area contributed by atoms with Crippen molar-refractivity contribution in [2.45, 2.75) is 70.8 Å². The molecule has 0 aromatic carbocycles. The first-order valence-corrected chi connectivity index (χ1v) is 9.10. The number of allylic oxidation sites excluding steroid dienone is 4. The normalized spacial score (nSPS) is 42.2. The standard InChI is InChI=1S/C21H26O2/c1-3-10-21(23)12-9-19-18-6-4-14-13-15(22)5-7-16(14)17(18)8-11-20(19,21)2/h13,18-19,23H,4-9,11-12H2,1-2H3/t18-,19+,20+,21?/m1/s1. The highest BCUT2D eigenvalue weighted by molar-refractivity contribution is 5.93. The van der Waals surface area contributed by atoms with E-state index in [1.165, 1.54) is 11.1 Å². The van der Waals surface area contributed by atoms with Gasteiger partial charge in [0.1, 0.15) is 5.60 Å². The summed E-state index contributed by atoms with van der Waals surface area (Å²) in [7, 11) is 0. The van der Waals surface area contributed by atoms with Gasteiger partial charge in [-0.1, -0.05) is 18.4 Å². The van der Waals surface area contributed by atoms with E-state index in [1.54, 1.807) is 5.57 Å². The lowest BCUT2D eigenvalue weighted by atomic mass is 9.55. The van der Waals surface area contributed by atoms with Crippen LogP contribution in [0.5, 0.6) is 0 Å². The molecule has 1 N–H and O–H groups in total. The molecule has 0 bridgehead atoms. The number of carbonyl (C=O) groups is 1. The maximum absolute atomic E-state index is 11.7. The van der Waals surface area contributed by atoms with Crippen molar-refractivity contribution < 1.29 is 9.90 Å². The second-order valence-electron chi connectivity index (χ2n) is 8.08. The van der Waals surface area contributed by atoms with Gasteiger partial charge in [-0.05, 0) is 80.9 Å². The van der Waals surface area contributed by atoms with Crippen LogP contribution >= 0.6 is 0 Å². The van der Waals surface area contributed by atoms with Gasteiger partial charge in [0.25, 0.3) is 0 Å².